The molecule has 2 rings (SSSR count). The summed E-state index contributed by atoms with van der Waals surface area (Å²) >= 11 is 0. The highest BCUT2D eigenvalue weighted by atomic mass is 32.2. The number of nitro benzene ring substituents is 1. The Labute approximate surface area is 154 Å². The molecule has 0 radical (unpaired) electrons. The summed E-state index contributed by atoms with van der Waals surface area (Å²) in [6, 6.07) is 3.70. The number of aliphatic hydroxyl groups is 1. The Morgan fingerprint density at radius 2 is 1.88 bits per heavy atom. The van der Waals surface area contributed by atoms with E-state index in [-0.39, 0.29) is 28.2 Å². The fourth-order valence-electron chi connectivity index (χ4n) is 3.54. The molecule has 0 amide bonds. The second-order valence-electron chi connectivity index (χ2n) is 8.43. The summed E-state index contributed by atoms with van der Waals surface area (Å²) in [4.78, 5) is 10.2. The van der Waals surface area contributed by atoms with Crippen molar-refractivity contribution in [2.24, 2.45) is 11.3 Å². The third-order valence-electron chi connectivity index (χ3n) is 5.32. The van der Waals surface area contributed by atoms with Gasteiger partial charge >= 0.3 is 0 Å². The number of benzene rings is 1. The lowest BCUT2D eigenvalue weighted by atomic mass is 9.68. The molecule has 0 heterocycles. The number of nitrogens with one attached hydrogen (secondary N) is 1. The lowest BCUT2D eigenvalue weighted by molar-refractivity contribution is -0.385. The Hall–Kier alpha value is -1.67. The quantitative estimate of drug-likeness (QED) is 0.595. The van der Waals surface area contributed by atoms with Crippen molar-refractivity contribution in [3.63, 3.8) is 0 Å². The zero-order chi connectivity index (χ0) is 19.8. The fraction of sp³-hybridized carbons (Fsp3) is 0.667. The van der Waals surface area contributed by atoms with E-state index >= 15 is 0 Å². The molecule has 26 heavy (non-hydrogen) atoms. The van der Waals surface area contributed by atoms with Gasteiger partial charge in [0.2, 0.25) is 0 Å². The Bertz CT molecular complexity index is 775. The van der Waals surface area contributed by atoms with Crippen molar-refractivity contribution in [2.75, 3.05) is 18.1 Å². The average molecular weight is 384 g/mol. The van der Waals surface area contributed by atoms with Crippen LogP contribution in [-0.4, -0.2) is 36.8 Å². The maximum atomic E-state index is 12.0. The van der Waals surface area contributed by atoms with E-state index in [1.54, 1.807) is 0 Å². The predicted molar refractivity (Wildman–Crippen MR) is 101 cm³/mol. The summed E-state index contributed by atoms with van der Waals surface area (Å²) in [5, 5.41) is 24.7. The van der Waals surface area contributed by atoms with Crippen molar-refractivity contribution in [3.05, 3.63) is 28.3 Å². The molecule has 1 saturated carbocycles. The monoisotopic (exact) mass is 384 g/mol. The highest BCUT2D eigenvalue weighted by molar-refractivity contribution is 7.90. The minimum Gasteiger partial charge on any atom is -0.388 e. The topological polar surface area (TPSA) is 110 Å². The van der Waals surface area contributed by atoms with Crippen LogP contribution in [0.2, 0.25) is 0 Å². The molecule has 0 aromatic heterocycles. The SMILES string of the molecule is CC(C)(C)C1CCC(O)(CNc2ccc([N+](=O)[O-])cc2S(C)(=O)=O)CC1. The van der Waals surface area contributed by atoms with E-state index in [9.17, 15) is 23.6 Å². The number of hydrogen-bond acceptors (Lipinski definition) is 6. The summed E-state index contributed by atoms with van der Waals surface area (Å²) in [5.74, 6) is 0.550. The number of hydrogen-bond donors (Lipinski definition) is 2. The molecule has 0 aliphatic heterocycles. The van der Waals surface area contributed by atoms with Crippen molar-refractivity contribution in [3.8, 4) is 0 Å². The average Bonchev–Trinajstić information content (AvgIpc) is 2.51. The van der Waals surface area contributed by atoms with Crippen LogP contribution in [0, 0.1) is 21.4 Å². The highest BCUT2D eigenvalue weighted by Crippen LogP contribution is 2.41. The largest absolute Gasteiger partial charge is 0.388 e. The maximum Gasteiger partial charge on any atom is 0.270 e. The molecule has 0 bridgehead atoms. The van der Waals surface area contributed by atoms with E-state index in [0.29, 0.717) is 18.8 Å². The van der Waals surface area contributed by atoms with Gasteiger partial charge in [0.25, 0.3) is 5.69 Å². The molecule has 1 fully saturated rings. The molecule has 0 saturated heterocycles. The molecule has 0 spiro atoms. The van der Waals surface area contributed by atoms with Crippen LogP contribution in [0.3, 0.4) is 0 Å². The predicted octanol–water partition coefficient (Wildman–Crippen LogP) is 3.38. The van der Waals surface area contributed by atoms with Crippen molar-refractivity contribution >= 4 is 21.2 Å². The molecule has 146 valence electrons. The van der Waals surface area contributed by atoms with Crippen LogP contribution < -0.4 is 5.32 Å². The Morgan fingerprint density at radius 3 is 2.35 bits per heavy atom. The lowest BCUT2D eigenvalue weighted by Crippen LogP contribution is -2.42. The molecule has 7 nitrogen and oxygen atoms in total. The minimum atomic E-state index is -3.64. The number of non-ortho nitro benzene ring substituents is 1. The van der Waals surface area contributed by atoms with Gasteiger partial charge in [0.05, 0.1) is 21.1 Å². The Kier molecular flexibility index (Phi) is 5.68. The van der Waals surface area contributed by atoms with Crippen LogP contribution in [0.15, 0.2) is 23.1 Å². The van der Waals surface area contributed by atoms with Crippen LogP contribution in [0.5, 0.6) is 0 Å². The standard InChI is InChI=1S/C18H28N2O5S/c1-17(2,3)13-7-9-18(21,10-8-13)12-19-15-6-5-14(20(22)23)11-16(15)26(4,24)25/h5-6,11,13,19,21H,7-10,12H2,1-4H3. The molecule has 1 aromatic rings. The number of rotatable bonds is 5. The normalized spacial score (nSPS) is 24.3. The Balaban J connectivity index is 2.13. The fourth-order valence-corrected chi connectivity index (χ4v) is 4.41. The van der Waals surface area contributed by atoms with Gasteiger partial charge in [-0.3, -0.25) is 10.1 Å². The zero-order valence-electron chi connectivity index (χ0n) is 15.8. The first kappa shape index (κ1) is 20.6. The van der Waals surface area contributed by atoms with Gasteiger partial charge in [-0.05, 0) is 43.1 Å². The summed E-state index contributed by atoms with van der Waals surface area (Å²) < 4.78 is 24.0. The maximum absolute atomic E-state index is 12.0. The molecule has 1 aromatic carbocycles. The second-order valence-corrected chi connectivity index (χ2v) is 10.4. The van der Waals surface area contributed by atoms with E-state index in [4.69, 9.17) is 0 Å². The van der Waals surface area contributed by atoms with E-state index in [0.717, 1.165) is 25.2 Å². The van der Waals surface area contributed by atoms with Crippen LogP contribution in [0.1, 0.15) is 46.5 Å². The number of sulfone groups is 1. The molecule has 2 N–H and O–H groups in total. The number of nitrogens with zero attached hydrogens (tertiary/aromatic N) is 1. The molecule has 1 aliphatic carbocycles. The van der Waals surface area contributed by atoms with Crippen LogP contribution in [0.4, 0.5) is 11.4 Å². The van der Waals surface area contributed by atoms with Gasteiger partial charge in [0.15, 0.2) is 9.84 Å². The van der Waals surface area contributed by atoms with Gasteiger partial charge in [-0.25, -0.2) is 8.42 Å². The second kappa shape index (κ2) is 7.15. The van der Waals surface area contributed by atoms with E-state index in [1.807, 2.05) is 0 Å². The third kappa shape index (κ3) is 4.94. The molecular formula is C18H28N2O5S. The molecule has 8 heteroatoms. The van der Waals surface area contributed by atoms with E-state index in [1.165, 1.54) is 12.1 Å². The number of nitro groups is 1. The molecule has 0 unspecified atom stereocenters. The van der Waals surface area contributed by atoms with Gasteiger partial charge in [0.1, 0.15) is 0 Å². The first-order chi connectivity index (χ1) is 11.8. The lowest BCUT2D eigenvalue weighted by Gasteiger charge is -2.41. The smallest absolute Gasteiger partial charge is 0.270 e. The van der Waals surface area contributed by atoms with Crippen molar-refractivity contribution in [2.45, 2.75) is 57.0 Å². The van der Waals surface area contributed by atoms with Crippen molar-refractivity contribution in [1.29, 1.82) is 0 Å². The van der Waals surface area contributed by atoms with Crippen LogP contribution >= 0.6 is 0 Å². The summed E-state index contributed by atoms with van der Waals surface area (Å²) in [6.45, 7) is 6.82. The van der Waals surface area contributed by atoms with Crippen molar-refractivity contribution in [1.82, 2.24) is 0 Å². The summed E-state index contributed by atoms with van der Waals surface area (Å²) in [5.41, 5.74) is -0.695. The van der Waals surface area contributed by atoms with Crippen LogP contribution in [0.25, 0.3) is 0 Å². The summed E-state index contributed by atoms with van der Waals surface area (Å²) in [6.07, 6.45) is 4.13. The van der Waals surface area contributed by atoms with Gasteiger partial charge in [-0.2, -0.15) is 0 Å². The van der Waals surface area contributed by atoms with E-state index < -0.39 is 20.4 Å². The molecule has 1 aliphatic rings. The molecule has 0 atom stereocenters. The highest BCUT2D eigenvalue weighted by Gasteiger charge is 2.37. The first-order valence-corrected chi connectivity index (χ1v) is 10.7. The molecular weight excluding hydrogens is 356 g/mol. The zero-order valence-corrected chi connectivity index (χ0v) is 16.6. The third-order valence-corrected chi connectivity index (χ3v) is 6.46. The Morgan fingerprint density at radius 1 is 1.31 bits per heavy atom. The number of anilines is 1. The first-order valence-electron chi connectivity index (χ1n) is 8.77. The van der Waals surface area contributed by atoms with Gasteiger partial charge in [-0.1, -0.05) is 20.8 Å². The van der Waals surface area contributed by atoms with Gasteiger partial charge in [0, 0.05) is 24.9 Å². The van der Waals surface area contributed by atoms with Gasteiger partial charge in [-0.15, -0.1) is 0 Å². The van der Waals surface area contributed by atoms with Crippen LogP contribution in [-0.2, 0) is 9.84 Å². The van der Waals surface area contributed by atoms with Gasteiger partial charge < -0.3 is 10.4 Å². The van der Waals surface area contributed by atoms with Crippen molar-refractivity contribution < 1.29 is 18.4 Å². The summed E-state index contributed by atoms with van der Waals surface area (Å²) in [7, 11) is -3.64. The van der Waals surface area contributed by atoms with E-state index in [2.05, 4.69) is 26.1 Å². The minimum absolute atomic E-state index is 0.126.